The summed E-state index contributed by atoms with van der Waals surface area (Å²) in [5.74, 6) is 0.567. The molecule has 0 aromatic heterocycles. The zero-order valence-electron chi connectivity index (χ0n) is 12.0. The number of aliphatic imine (C=N–C) groups is 1. The normalized spacial score (nSPS) is 15.3. The first-order valence-electron chi connectivity index (χ1n) is 6.92. The van der Waals surface area contributed by atoms with Crippen molar-refractivity contribution >= 4 is 17.2 Å². The number of hydrogen-bond donors (Lipinski definition) is 2. The minimum absolute atomic E-state index is 0.240. The number of nitrogens with zero attached hydrogens (tertiary/aromatic N) is 1. The van der Waals surface area contributed by atoms with Crippen LogP contribution in [0.5, 0.6) is 5.75 Å². The van der Waals surface area contributed by atoms with Crippen molar-refractivity contribution in [3.05, 3.63) is 53.6 Å². The third-order valence-corrected chi connectivity index (χ3v) is 3.38. The van der Waals surface area contributed by atoms with Crippen LogP contribution >= 0.6 is 0 Å². The number of anilines is 2. The SMILES string of the molecule is Nc1ccc2c(c1)NC(=NCc1ccc(OC(F)(F)F)cc1)C2. The van der Waals surface area contributed by atoms with E-state index in [2.05, 4.69) is 15.0 Å². The summed E-state index contributed by atoms with van der Waals surface area (Å²) >= 11 is 0. The number of ether oxygens (including phenoxy) is 1. The van der Waals surface area contributed by atoms with Gasteiger partial charge in [0.2, 0.25) is 0 Å². The molecule has 0 unspecified atom stereocenters. The van der Waals surface area contributed by atoms with Crippen LogP contribution in [0.25, 0.3) is 0 Å². The van der Waals surface area contributed by atoms with Gasteiger partial charge in [-0.2, -0.15) is 0 Å². The van der Waals surface area contributed by atoms with Gasteiger partial charge < -0.3 is 15.8 Å². The molecule has 0 amide bonds. The van der Waals surface area contributed by atoms with Crippen molar-refractivity contribution < 1.29 is 17.9 Å². The minimum atomic E-state index is -4.68. The quantitative estimate of drug-likeness (QED) is 0.847. The zero-order chi connectivity index (χ0) is 16.4. The van der Waals surface area contributed by atoms with Crippen molar-refractivity contribution in [2.24, 2.45) is 4.99 Å². The molecular formula is C16H14F3N3O. The Labute approximate surface area is 130 Å². The Bertz CT molecular complexity index is 739. The van der Waals surface area contributed by atoms with Gasteiger partial charge in [-0.05, 0) is 35.4 Å². The molecule has 0 radical (unpaired) electrons. The molecule has 2 aromatic carbocycles. The number of benzene rings is 2. The summed E-state index contributed by atoms with van der Waals surface area (Å²) in [5.41, 5.74) is 9.26. The molecular weight excluding hydrogens is 307 g/mol. The molecule has 0 atom stereocenters. The van der Waals surface area contributed by atoms with Crippen molar-refractivity contribution in [3.8, 4) is 5.75 Å². The van der Waals surface area contributed by atoms with Crippen LogP contribution in [0.3, 0.4) is 0 Å². The maximum Gasteiger partial charge on any atom is 0.573 e. The van der Waals surface area contributed by atoms with Gasteiger partial charge in [0.25, 0.3) is 0 Å². The number of fused-ring (bicyclic) bond motifs is 1. The maximum absolute atomic E-state index is 12.1. The average Bonchev–Trinajstić information content (AvgIpc) is 2.87. The fourth-order valence-corrected chi connectivity index (χ4v) is 2.32. The van der Waals surface area contributed by atoms with Crippen LogP contribution in [-0.2, 0) is 13.0 Å². The van der Waals surface area contributed by atoms with Gasteiger partial charge in [0, 0.05) is 17.8 Å². The predicted molar refractivity (Wildman–Crippen MR) is 82.4 cm³/mol. The summed E-state index contributed by atoms with van der Waals surface area (Å²) in [4.78, 5) is 4.44. The summed E-state index contributed by atoms with van der Waals surface area (Å²) in [5, 5.41) is 3.18. The largest absolute Gasteiger partial charge is 0.573 e. The Morgan fingerprint density at radius 1 is 1.13 bits per heavy atom. The summed E-state index contributed by atoms with van der Waals surface area (Å²) in [6.45, 7) is 0.373. The lowest BCUT2D eigenvalue weighted by Crippen LogP contribution is -2.17. The molecule has 0 saturated heterocycles. The number of nitrogen functional groups attached to an aromatic ring is 1. The molecule has 0 fully saturated rings. The Kier molecular flexibility index (Phi) is 3.85. The lowest BCUT2D eigenvalue weighted by molar-refractivity contribution is -0.274. The van der Waals surface area contributed by atoms with Crippen molar-refractivity contribution in [1.29, 1.82) is 0 Å². The van der Waals surface area contributed by atoms with E-state index in [0.29, 0.717) is 18.7 Å². The van der Waals surface area contributed by atoms with Gasteiger partial charge in [-0.15, -0.1) is 13.2 Å². The zero-order valence-corrected chi connectivity index (χ0v) is 12.0. The van der Waals surface area contributed by atoms with E-state index >= 15 is 0 Å². The highest BCUT2D eigenvalue weighted by molar-refractivity contribution is 6.03. The summed E-state index contributed by atoms with van der Waals surface area (Å²) in [6, 6.07) is 11.3. The molecule has 0 aliphatic carbocycles. The highest BCUT2D eigenvalue weighted by Crippen LogP contribution is 2.26. The van der Waals surface area contributed by atoms with Crippen molar-refractivity contribution in [2.75, 3.05) is 11.1 Å². The number of halogens is 3. The van der Waals surface area contributed by atoms with Gasteiger partial charge in [-0.1, -0.05) is 18.2 Å². The van der Waals surface area contributed by atoms with Gasteiger partial charge in [0.05, 0.1) is 6.54 Å². The lowest BCUT2D eigenvalue weighted by Gasteiger charge is -2.08. The van der Waals surface area contributed by atoms with E-state index in [1.54, 1.807) is 12.1 Å². The summed E-state index contributed by atoms with van der Waals surface area (Å²) < 4.78 is 40.1. The Morgan fingerprint density at radius 2 is 1.87 bits per heavy atom. The molecule has 0 spiro atoms. The molecule has 1 aliphatic heterocycles. The Hall–Kier alpha value is -2.70. The number of alkyl halides is 3. The molecule has 23 heavy (non-hydrogen) atoms. The fourth-order valence-electron chi connectivity index (χ4n) is 2.32. The Morgan fingerprint density at radius 3 is 2.57 bits per heavy atom. The van der Waals surface area contributed by atoms with Crippen LogP contribution in [0, 0.1) is 0 Å². The summed E-state index contributed by atoms with van der Waals surface area (Å²) in [6.07, 6.45) is -3.99. The monoisotopic (exact) mass is 321 g/mol. The van der Waals surface area contributed by atoms with Crippen LogP contribution in [0.2, 0.25) is 0 Å². The van der Waals surface area contributed by atoms with E-state index in [9.17, 15) is 13.2 Å². The molecule has 2 aromatic rings. The number of amidine groups is 1. The fraction of sp³-hybridized carbons (Fsp3) is 0.188. The van der Waals surface area contributed by atoms with Crippen molar-refractivity contribution in [2.45, 2.75) is 19.3 Å². The molecule has 1 heterocycles. The molecule has 7 heteroatoms. The second-order valence-corrected chi connectivity index (χ2v) is 5.17. The molecule has 3 N–H and O–H groups in total. The number of nitrogens with two attached hydrogens (primary N) is 1. The van der Waals surface area contributed by atoms with Crippen molar-refractivity contribution in [1.82, 2.24) is 0 Å². The third-order valence-electron chi connectivity index (χ3n) is 3.38. The van der Waals surface area contributed by atoms with Crippen LogP contribution < -0.4 is 15.8 Å². The topological polar surface area (TPSA) is 59.6 Å². The van der Waals surface area contributed by atoms with E-state index < -0.39 is 6.36 Å². The standard InChI is InChI=1S/C16H14F3N3O/c17-16(18,19)23-13-5-1-10(2-6-13)9-21-15-7-11-3-4-12(20)8-14(11)22-15/h1-6,8H,7,9,20H2,(H,21,22). The van der Waals surface area contributed by atoms with Crippen molar-refractivity contribution in [3.63, 3.8) is 0 Å². The second-order valence-electron chi connectivity index (χ2n) is 5.17. The third kappa shape index (κ3) is 3.94. The maximum atomic E-state index is 12.1. The molecule has 0 bridgehead atoms. The first-order valence-corrected chi connectivity index (χ1v) is 6.92. The highest BCUT2D eigenvalue weighted by atomic mass is 19.4. The van der Waals surface area contributed by atoms with Gasteiger partial charge in [0.15, 0.2) is 0 Å². The number of nitrogens with one attached hydrogen (secondary N) is 1. The van der Waals surface area contributed by atoms with E-state index in [4.69, 9.17) is 5.73 Å². The van der Waals surface area contributed by atoms with Crippen LogP contribution in [-0.4, -0.2) is 12.2 Å². The average molecular weight is 321 g/mol. The van der Waals surface area contributed by atoms with Gasteiger partial charge in [-0.25, -0.2) is 0 Å². The van der Waals surface area contributed by atoms with E-state index in [-0.39, 0.29) is 5.75 Å². The minimum Gasteiger partial charge on any atom is -0.406 e. The number of rotatable bonds is 3. The van der Waals surface area contributed by atoms with E-state index in [1.165, 1.54) is 12.1 Å². The van der Waals surface area contributed by atoms with Gasteiger partial charge >= 0.3 is 6.36 Å². The highest BCUT2D eigenvalue weighted by Gasteiger charge is 2.30. The molecule has 1 aliphatic rings. The first-order chi connectivity index (χ1) is 10.9. The number of hydrogen-bond acceptors (Lipinski definition) is 3. The van der Waals surface area contributed by atoms with Gasteiger partial charge in [0.1, 0.15) is 11.6 Å². The van der Waals surface area contributed by atoms with Crippen LogP contribution in [0.15, 0.2) is 47.5 Å². The van der Waals surface area contributed by atoms with Crippen LogP contribution in [0.4, 0.5) is 24.5 Å². The molecule has 120 valence electrons. The smallest absolute Gasteiger partial charge is 0.406 e. The molecule has 4 nitrogen and oxygen atoms in total. The van der Waals surface area contributed by atoms with Crippen LogP contribution in [0.1, 0.15) is 11.1 Å². The second kappa shape index (κ2) is 5.83. The molecule has 3 rings (SSSR count). The predicted octanol–water partition coefficient (Wildman–Crippen LogP) is 3.73. The Balaban J connectivity index is 1.63. The lowest BCUT2D eigenvalue weighted by atomic mass is 10.1. The summed E-state index contributed by atoms with van der Waals surface area (Å²) in [7, 11) is 0. The van der Waals surface area contributed by atoms with E-state index in [1.807, 2.05) is 18.2 Å². The van der Waals surface area contributed by atoms with E-state index in [0.717, 1.165) is 22.6 Å². The van der Waals surface area contributed by atoms with Gasteiger partial charge in [-0.3, -0.25) is 4.99 Å². The molecule has 0 saturated carbocycles. The first kappa shape index (κ1) is 15.2.